The van der Waals surface area contributed by atoms with Crippen LogP contribution in [-0.2, 0) is 10.0 Å². The highest BCUT2D eigenvalue weighted by molar-refractivity contribution is 7.89. The van der Waals surface area contributed by atoms with Crippen molar-refractivity contribution in [2.75, 3.05) is 20.1 Å². The highest BCUT2D eigenvalue weighted by atomic mass is 35.5. The average molecular weight is 307 g/mol. The van der Waals surface area contributed by atoms with Crippen molar-refractivity contribution < 1.29 is 12.8 Å². The summed E-state index contributed by atoms with van der Waals surface area (Å²) in [6.45, 7) is 3.50. The quantitative estimate of drug-likeness (QED) is 0.925. The Balaban J connectivity index is 2.20. The first-order valence-corrected chi connectivity index (χ1v) is 7.81. The number of likely N-dealkylation sites (tertiary alicyclic amines) is 1. The molecule has 1 saturated heterocycles. The standard InChI is InChI=1S/C12H16ClFN2O2S/c1-8-6-16(2)7-12(8)15-19(17,18)9-3-4-11(14)10(13)5-9/h3-5,8,12,15H,6-7H2,1-2H3/t8-,12-/m1/s1. The summed E-state index contributed by atoms with van der Waals surface area (Å²) in [7, 11) is -1.72. The van der Waals surface area contributed by atoms with Gasteiger partial charge in [0.15, 0.2) is 0 Å². The molecule has 0 amide bonds. The van der Waals surface area contributed by atoms with Gasteiger partial charge in [0, 0.05) is 19.1 Å². The lowest BCUT2D eigenvalue weighted by Crippen LogP contribution is -2.39. The maximum Gasteiger partial charge on any atom is 0.240 e. The molecule has 1 N–H and O–H groups in total. The van der Waals surface area contributed by atoms with E-state index in [1.54, 1.807) is 0 Å². The molecule has 2 rings (SSSR count). The van der Waals surface area contributed by atoms with Gasteiger partial charge >= 0.3 is 0 Å². The summed E-state index contributed by atoms with van der Waals surface area (Å²) in [5.74, 6) is -0.398. The van der Waals surface area contributed by atoms with Gasteiger partial charge in [0.05, 0.1) is 9.92 Å². The molecule has 0 saturated carbocycles. The Morgan fingerprint density at radius 2 is 2.11 bits per heavy atom. The largest absolute Gasteiger partial charge is 0.304 e. The predicted molar refractivity (Wildman–Crippen MR) is 72.2 cm³/mol. The number of hydrogen-bond donors (Lipinski definition) is 1. The second-order valence-electron chi connectivity index (χ2n) is 5.00. The second-order valence-corrected chi connectivity index (χ2v) is 7.12. The van der Waals surface area contributed by atoms with Crippen LogP contribution < -0.4 is 4.72 Å². The van der Waals surface area contributed by atoms with Crippen LogP contribution in [0.1, 0.15) is 6.92 Å². The van der Waals surface area contributed by atoms with Crippen molar-refractivity contribution in [3.63, 3.8) is 0 Å². The molecule has 0 spiro atoms. The summed E-state index contributed by atoms with van der Waals surface area (Å²) in [6, 6.07) is 3.26. The van der Waals surface area contributed by atoms with Crippen LogP contribution in [0.4, 0.5) is 4.39 Å². The van der Waals surface area contributed by atoms with Crippen LogP contribution in [0, 0.1) is 11.7 Å². The van der Waals surface area contributed by atoms with E-state index in [0.717, 1.165) is 18.7 Å². The number of nitrogens with one attached hydrogen (secondary N) is 1. The van der Waals surface area contributed by atoms with Crippen molar-refractivity contribution in [2.45, 2.75) is 17.9 Å². The lowest BCUT2D eigenvalue weighted by molar-refractivity contribution is 0.400. The van der Waals surface area contributed by atoms with Gasteiger partial charge in [0.25, 0.3) is 0 Å². The van der Waals surface area contributed by atoms with E-state index in [-0.39, 0.29) is 21.9 Å². The molecule has 1 heterocycles. The van der Waals surface area contributed by atoms with E-state index in [2.05, 4.69) is 9.62 Å². The van der Waals surface area contributed by atoms with Crippen LogP contribution in [0.25, 0.3) is 0 Å². The summed E-state index contributed by atoms with van der Waals surface area (Å²) >= 11 is 5.61. The van der Waals surface area contributed by atoms with Crippen LogP contribution in [0.2, 0.25) is 5.02 Å². The molecule has 0 aromatic heterocycles. The minimum absolute atomic E-state index is 0.0133. The maximum absolute atomic E-state index is 13.1. The van der Waals surface area contributed by atoms with E-state index in [1.165, 1.54) is 6.07 Å². The molecule has 2 atom stereocenters. The smallest absolute Gasteiger partial charge is 0.240 e. The minimum Gasteiger partial charge on any atom is -0.304 e. The summed E-state index contributed by atoms with van der Waals surface area (Å²) in [5.41, 5.74) is 0. The fraction of sp³-hybridized carbons (Fsp3) is 0.500. The van der Waals surface area contributed by atoms with E-state index in [1.807, 2.05) is 14.0 Å². The van der Waals surface area contributed by atoms with Gasteiger partial charge < -0.3 is 4.90 Å². The van der Waals surface area contributed by atoms with Crippen LogP contribution in [0.3, 0.4) is 0 Å². The summed E-state index contributed by atoms with van der Waals surface area (Å²) in [5, 5.41) is -0.195. The van der Waals surface area contributed by atoms with Crippen LogP contribution in [-0.4, -0.2) is 39.5 Å². The number of sulfonamides is 1. The molecule has 1 aliphatic heterocycles. The van der Waals surface area contributed by atoms with E-state index in [4.69, 9.17) is 11.6 Å². The lowest BCUT2D eigenvalue weighted by atomic mass is 10.1. The Morgan fingerprint density at radius 1 is 1.42 bits per heavy atom. The molecule has 0 radical (unpaired) electrons. The van der Waals surface area contributed by atoms with Gasteiger partial charge in [0.1, 0.15) is 5.82 Å². The first kappa shape index (κ1) is 14.7. The third-order valence-electron chi connectivity index (χ3n) is 3.30. The molecule has 7 heteroatoms. The average Bonchev–Trinajstić information content (AvgIpc) is 2.60. The Labute approximate surface area is 117 Å². The van der Waals surface area contributed by atoms with Gasteiger partial charge in [-0.05, 0) is 31.2 Å². The van der Waals surface area contributed by atoms with Gasteiger partial charge in [-0.2, -0.15) is 0 Å². The van der Waals surface area contributed by atoms with Gasteiger partial charge in [-0.3, -0.25) is 0 Å². The Morgan fingerprint density at radius 3 is 2.63 bits per heavy atom. The zero-order valence-corrected chi connectivity index (χ0v) is 12.3. The molecule has 0 unspecified atom stereocenters. The fourth-order valence-electron chi connectivity index (χ4n) is 2.27. The molecule has 0 bridgehead atoms. The Hall–Kier alpha value is -0.690. The normalized spacial score (nSPS) is 24.8. The summed E-state index contributed by atoms with van der Waals surface area (Å²) in [6.07, 6.45) is 0. The Bertz CT molecular complexity index is 579. The van der Waals surface area contributed by atoms with E-state index in [9.17, 15) is 12.8 Å². The van der Waals surface area contributed by atoms with Crippen molar-refractivity contribution in [1.29, 1.82) is 0 Å². The lowest BCUT2D eigenvalue weighted by Gasteiger charge is -2.16. The maximum atomic E-state index is 13.1. The number of likely N-dealkylation sites (N-methyl/N-ethyl adjacent to an activating group) is 1. The topological polar surface area (TPSA) is 49.4 Å². The van der Waals surface area contributed by atoms with Gasteiger partial charge in [-0.1, -0.05) is 18.5 Å². The van der Waals surface area contributed by atoms with Crippen LogP contribution in [0.5, 0.6) is 0 Å². The highest BCUT2D eigenvalue weighted by Gasteiger charge is 2.31. The summed E-state index contributed by atoms with van der Waals surface area (Å²) in [4.78, 5) is 2.05. The number of rotatable bonds is 3. The van der Waals surface area contributed by atoms with E-state index >= 15 is 0 Å². The zero-order valence-electron chi connectivity index (χ0n) is 10.7. The first-order chi connectivity index (χ1) is 8.79. The van der Waals surface area contributed by atoms with Gasteiger partial charge in [-0.15, -0.1) is 0 Å². The zero-order chi connectivity index (χ0) is 14.2. The number of hydrogen-bond acceptors (Lipinski definition) is 3. The van der Waals surface area contributed by atoms with E-state index < -0.39 is 15.8 Å². The summed E-state index contributed by atoms with van der Waals surface area (Å²) < 4.78 is 40.1. The van der Waals surface area contributed by atoms with Crippen molar-refractivity contribution >= 4 is 21.6 Å². The number of halogens is 2. The third kappa shape index (κ3) is 3.25. The Kier molecular flexibility index (Phi) is 4.15. The monoisotopic (exact) mass is 306 g/mol. The molecule has 1 aliphatic rings. The van der Waals surface area contributed by atoms with Crippen molar-refractivity contribution in [1.82, 2.24) is 9.62 Å². The van der Waals surface area contributed by atoms with Crippen molar-refractivity contribution in [2.24, 2.45) is 5.92 Å². The van der Waals surface area contributed by atoms with Gasteiger partial charge in [0.2, 0.25) is 10.0 Å². The minimum atomic E-state index is -3.67. The molecular formula is C12H16ClFN2O2S. The SMILES string of the molecule is C[C@@H]1CN(C)C[C@H]1NS(=O)(=O)c1ccc(F)c(Cl)c1. The molecule has 1 aromatic carbocycles. The second kappa shape index (κ2) is 5.36. The fourth-order valence-corrected chi connectivity index (χ4v) is 3.88. The number of benzene rings is 1. The first-order valence-electron chi connectivity index (χ1n) is 5.95. The van der Waals surface area contributed by atoms with Crippen molar-refractivity contribution in [3.8, 4) is 0 Å². The predicted octanol–water partition coefficient (Wildman–Crippen LogP) is 1.71. The number of nitrogens with zero attached hydrogens (tertiary/aromatic N) is 1. The molecule has 0 aliphatic carbocycles. The molecule has 4 nitrogen and oxygen atoms in total. The molecule has 19 heavy (non-hydrogen) atoms. The molecule has 1 fully saturated rings. The highest BCUT2D eigenvalue weighted by Crippen LogP contribution is 2.21. The van der Waals surface area contributed by atoms with E-state index in [0.29, 0.717) is 6.54 Å². The molecule has 106 valence electrons. The van der Waals surface area contributed by atoms with Crippen LogP contribution >= 0.6 is 11.6 Å². The third-order valence-corrected chi connectivity index (χ3v) is 5.08. The molecule has 1 aromatic rings. The molecular weight excluding hydrogens is 291 g/mol. The van der Waals surface area contributed by atoms with Crippen LogP contribution in [0.15, 0.2) is 23.1 Å². The van der Waals surface area contributed by atoms with Crippen molar-refractivity contribution in [3.05, 3.63) is 29.0 Å². The van der Waals surface area contributed by atoms with Gasteiger partial charge in [-0.25, -0.2) is 17.5 Å².